The van der Waals surface area contributed by atoms with Crippen LogP contribution < -0.4 is 5.56 Å². The first-order valence-corrected chi connectivity index (χ1v) is 7.55. The highest BCUT2D eigenvalue weighted by Gasteiger charge is 2.14. The van der Waals surface area contributed by atoms with Gasteiger partial charge in [-0.15, -0.1) is 0 Å². The maximum atomic E-state index is 12.2. The third-order valence-electron chi connectivity index (χ3n) is 3.69. The normalized spacial score (nSPS) is 10.4. The second-order valence-electron chi connectivity index (χ2n) is 5.37. The summed E-state index contributed by atoms with van der Waals surface area (Å²) in [6.45, 7) is -0.0596. The molecule has 0 aliphatic carbocycles. The Hall–Kier alpha value is -3.41. The van der Waals surface area contributed by atoms with E-state index in [1.54, 1.807) is 42.5 Å². The van der Waals surface area contributed by atoms with Gasteiger partial charge in [-0.2, -0.15) is 0 Å². The van der Waals surface area contributed by atoms with Gasteiger partial charge in [0, 0.05) is 5.52 Å². The van der Waals surface area contributed by atoms with Crippen LogP contribution >= 0.6 is 0 Å². The van der Waals surface area contributed by atoms with E-state index in [9.17, 15) is 14.4 Å². The van der Waals surface area contributed by atoms with Crippen LogP contribution in [0.15, 0.2) is 59.4 Å². The van der Waals surface area contributed by atoms with E-state index in [4.69, 9.17) is 4.74 Å². The first-order chi connectivity index (χ1) is 12.1. The Kier molecular flexibility index (Phi) is 4.61. The molecule has 1 aromatic heterocycles. The molecule has 1 N–H and O–H groups in total. The van der Waals surface area contributed by atoms with Gasteiger partial charge < -0.3 is 14.5 Å². The number of fused-ring (bicyclic) bond motifs is 1. The summed E-state index contributed by atoms with van der Waals surface area (Å²) in [7, 11) is 1.29. The maximum absolute atomic E-state index is 12.2. The lowest BCUT2D eigenvalue weighted by Crippen LogP contribution is -2.19. The van der Waals surface area contributed by atoms with Crippen LogP contribution in [0.25, 0.3) is 10.9 Å². The Bertz CT molecular complexity index is 1010. The second-order valence-corrected chi connectivity index (χ2v) is 5.37. The molecule has 0 amide bonds. The highest BCUT2D eigenvalue weighted by atomic mass is 16.5. The molecular formula is C19H15NO5. The van der Waals surface area contributed by atoms with Gasteiger partial charge in [-0.05, 0) is 35.2 Å². The number of aromatic nitrogens is 1. The molecule has 126 valence electrons. The van der Waals surface area contributed by atoms with Crippen LogP contribution in [-0.4, -0.2) is 24.0 Å². The van der Waals surface area contributed by atoms with E-state index in [2.05, 4.69) is 9.72 Å². The molecule has 3 aromatic rings. The summed E-state index contributed by atoms with van der Waals surface area (Å²) in [6, 6.07) is 15.2. The molecule has 6 nitrogen and oxygen atoms in total. The monoisotopic (exact) mass is 337 g/mol. The summed E-state index contributed by atoms with van der Waals surface area (Å²) in [6.07, 6.45) is 0. The van der Waals surface area contributed by atoms with E-state index in [0.717, 1.165) is 5.39 Å². The Balaban J connectivity index is 1.78. The topological polar surface area (TPSA) is 85.5 Å². The van der Waals surface area contributed by atoms with E-state index in [1.165, 1.54) is 13.2 Å². The fourth-order valence-corrected chi connectivity index (χ4v) is 2.43. The van der Waals surface area contributed by atoms with Gasteiger partial charge in [0.25, 0.3) is 5.56 Å². The van der Waals surface area contributed by atoms with Gasteiger partial charge in [0.1, 0.15) is 12.2 Å². The third-order valence-corrected chi connectivity index (χ3v) is 3.69. The van der Waals surface area contributed by atoms with Crippen LogP contribution in [0.4, 0.5) is 0 Å². The molecule has 25 heavy (non-hydrogen) atoms. The zero-order valence-corrected chi connectivity index (χ0v) is 13.4. The van der Waals surface area contributed by atoms with Crippen molar-refractivity contribution in [2.24, 2.45) is 0 Å². The Morgan fingerprint density at radius 2 is 1.80 bits per heavy atom. The number of ether oxygens (including phenoxy) is 2. The van der Waals surface area contributed by atoms with Crippen LogP contribution in [0.1, 0.15) is 26.3 Å². The van der Waals surface area contributed by atoms with Crippen LogP contribution in [0.2, 0.25) is 0 Å². The van der Waals surface area contributed by atoms with E-state index in [1.807, 2.05) is 6.07 Å². The van der Waals surface area contributed by atoms with E-state index in [-0.39, 0.29) is 12.2 Å². The molecule has 0 fully saturated rings. The fourth-order valence-electron chi connectivity index (χ4n) is 2.43. The predicted octanol–water partition coefficient (Wildman–Crippen LogP) is 2.67. The minimum Gasteiger partial charge on any atom is -0.465 e. The lowest BCUT2D eigenvalue weighted by molar-refractivity contribution is 0.0471. The lowest BCUT2D eigenvalue weighted by atomic mass is 10.1. The first kappa shape index (κ1) is 16.4. The van der Waals surface area contributed by atoms with E-state index >= 15 is 0 Å². The summed E-state index contributed by atoms with van der Waals surface area (Å²) in [5.74, 6) is -1.20. The highest BCUT2D eigenvalue weighted by Crippen LogP contribution is 2.12. The number of hydrogen-bond acceptors (Lipinski definition) is 5. The average Bonchev–Trinajstić information content (AvgIpc) is 2.65. The molecule has 0 saturated heterocycles. The number of esters is 2. The Labute approximate surface area is 143 Å². The number of hydrogen-bond donors (Lipinski definition) is 1. The molecule has 0 saturated carbocycles. The number of nitrogens with one attached hydrogen (secondary N) is 1. The molecule has 6 heteroatoms. The van der Waals surface area contributed by atoms with Crippen LogP contribution in [0.3, 0.4) is 0 Å². The molecule has 2 aromatic carbocycles. The summed E-state index contributed by atoms with van der Waals surface area (Å²) < 4.78 is 9.85. The maximum Gasteiger partial charge on any atom is 0.344 e. The smallest absolute Gasteiger partial charge is 0.344 e. The van der Waals surface area contributed by atoms with E-state index in [0.29, 0.717) is 16.6 Å². The van der Waals surface area contributed by atoms with Crippen molar-refractivity contribution in [3.8, 4) is 0 Å². The molecule has 3 rings (SSSR count). The first-order valence-electron chi connectivity index (χ1n) is 7.55. The largest absolute Gasteiger partial charge is 0.465 e. The van der Waals surface area contributed by atoms with Crippen molar-refractivity contribution in [2.75, 3.05) is 7.11 Å². The minimum atomic E-state index is -0.726. The Morgan fingerprint density at radius 1 is 1.00 bits per heavy atom. The van der Waals surface area contributed by atoms with Crippen LogP contribution in [0, 0.1) is 0 Å². The van der Waals surface area contributed by atoms with Crippen LogP contribution in [-0.2, 0) is 16.1 Å². The van der Waals surface area contributed by atoms with Gasteiger partial charge in [0.15, 0.2) is 0 Å². The number of aromatic amines is 1. The van der Waals surface area contributed by atoms with Gasteiger partial charge in [0.2, 0.25) is 0 Å². The zero-order valence-electron chi connectivity index (χ0n) is 13.4. The number of carbonyl (C=O) groups is 2. The second kappa shape index (κ2) is 7.00. The molecule has 0 aliphatic heterocycles. The summed E-state index contributed by atoms with van der Waals surface area (Å²) >= 11 is 0. The van der Waals surface area contributed by atoms with Crippen molar-refractivity contribution in [1.82, 2.24) is 4.98 Å². The summed E-state index contributed by atoms with van der Waals surface area (Å²) in [5, 5.41) is 0.738. The van der Waals surface area contributed by atoms with Crippen molar-refractivity contribution in [1.29, 1.82) is 0 Å². The van der Waals surface area contributed by atoms with Crippen molar-refractivity contribution in [3.63, 3.8) is 0 Å². The zero-order chi connectivity index (χ0) is 17.8. The quantitative estimate of drug-likeness (QED) is 0.740. The number of para-hydroxylation sites is 1. The molecule has 0 radical (unpaired) electrons. The average molecular weight is 337 g/mol. The van der Waals surface area contributed by atoms with Gasteiger partial charge in [-0.25, -0.2) is 9.59 Å². The third kappa shape index (κ3) is 3.58. The highest BCUT2D eigenvalue weighted by molar-refractivity contribution is 5.93. The number of H-pyrrole nitrogens is 1. The summed E-state index contributed by atoms with van der Waals surface area (Å²) in [4.78, 5) is 38.4. The van der Waals surface area contributed by atoms with Gasteiger partial charge in [0.05, 0.1) is 12.7 Å². The number of carbonyl (C=O) groups excluding carboxylic acids is 2. The van der Waals surface area contributed by atoms with Gasteiger partial charge in [-0.3, -0.25) is 4.79 Å². The van der Waals surface area contributed by atoms with Gasteiger partial charge in [-0.1, -0.05) is 30.3 Å². The van der Waals surface area contributed by atoms with Gasteiger partial charge >= 0.3 is 11.9 Å². The molecular weight excluding hydrogens is 322 g/mol. The van der Waals surface area contributed by atoms with Crippen molar-refractivity contribution in [2.45, 2.75) is 6.61 Å². The SMILES string of the molecule is COC(=O)c1cccc(COC(=O)c2cc3ccccc3[nH]c2=O)c1. The van der Waals surface area contributed by atoms with Crippen LogP contribution in [0.5, 0.6) is 0 Å². The molecule has 1 heterocycles. The number of rotatable bonds is 4. The summed E-state index contributed by atoms with van der Waals surface area (Å²) in [5.41, 5.74) is 1.05. The fraction of sp³-hybridized carbons (Fsp3) is 0.105. The molecule has 0 atom stereocenters. The molecule has 0 aliphatic rings. The van der Waals surface area contributed by atoms with E-state index < -0.39 is 17.5 Å². The lowest BCUT2D eigenvalue weighted by Gasteiger charge is -2.07. The number of methoxy groups -OCH3 is 1. The van der Waals surface area contributed by atoms with Crippen molar-refractivity contribution in [3.05, 3.63) is 81.6 Å². The minimum absolute atomic E-state index is 0.0596. The predicted molar refractivity (Wildman–Crippen MR) is 91.5 cm³/mol. The van der Waals surface area contributed by atoms with Crippen molar-refractivity contribution < 1.29 is 19.1 Å². The van der Waals surface area contributed by atoms with Crippen molar-refractivity contribution >= 4 is 22.8 Å². The number of pyridine rings is 1. The molecule has 0 bridgehead atoms. The standard InChI is InChI=1S/C19H15NO5/c1-24-18(22)14-7-4-5-12(9-14)11-25-19(23)15-10-13-6-2-3-8-16(13)20-17(15)21/h2-10H,11H2,1H3,(H,20,21). The molecule has 0 unspecified atom stereocenters. The Morgan fingerprint density at radius 3 is 2.60 bits per heavy atom. The molecule has 0 spiro atoms. The number of benzene rings is 2.